The molecule has 0 saturated carbocycles. The Balaban J connectivity index is 3.14. The minimum Gasteiger partial charge on any atom is -0.479 e. The van der Waals surface area contributed by atoms with Crippen LogP contribution in [-0.4, -0.2) is 33.9 Å². The van der Waals surface area contributed by atoms with Gasteiger partial charge in [0.25, 0.3) is 5.60 Å². The second-order valence-corrected chi connectivity index (χ2v) is 4.98. The van der Waals surface area contributed by atoms with E-state index in [9.17, 15) is 33.0 Å². The normalized spacial score (nSPS) is 12.5. The molecular formula is C14H15F3O5. The standard InChI is InChI=1S/C14H15F3O5/c1-8(2)22-13(11(18)19,12(20)21)7-9-3-5-10(6-4-9)14(15,16)17/h3-6,8H,7H2,1-2H3,(H,18,19)(H,20,21). The lowest BCUT2D eigenvalue weighted by molar-refractivity contribution is -0.188. The highest BCUT2D eigenvalue weighted by Gasteiger charge is 2.49. The first-order chi connectivity index (χ1) is 9.99. The first-order valence-corrected chi connectivity index (χ1v) is 6.30. The van der Waals surface area contributed by atoms with Crippen LogP contribution >= 0.6 is 0 Å². The summed E-state index contributed by atoms with van der Waals surface area (Å²) in [6, 6.07) is 3.60. The van der Waals surface area contributed by atoms with Gasteiger partial charge in [-0.15, -0.1) is 0 Å². The monoisotopic (exact) mass is 320 g/mol. The summed E-state index contributed by atoms with van der Waals surface area (Å²) < 4.78 is 42.5. The van der Waals surface area contributed by atoms with Gasteiger partial charge in [0.2, 0.25) is 0 Å². The lowest BCUT2D eigenvalue weighted by atomic mass is 9.93. The lowest BCUT2D eigenvalue weighted by Gasteiger charge is -2.27. The topological polar surface area (TPSA) is 83.8 Å². The van der Waals surface area contributed by atoms with Gasteiger partial charge in [-0.25, -0.2) is 9.59 Å². The molecule has 1 aromatic rings. The number of carboxylic acids is 2. The van der Waals surface area contributed by atoms with Crippen LogP contribution in [0.2, 0.25) is 0 Å². The zero-order valence-corrected chi connectivity index (χ0v) is 11.8. The summed E-state index contributed by atoms with van der Waals surface area (Å²) in [6.45, 7) is 2.93. The Morgan fingerprint density at radius 3 is 1.86 bits per heavy atom. The molecule has 0 bridgehead atoms. The van der Waals surface area contributed by atoms with Crippen LogP contribution in [0.25, 0.3) is 0 Å². The van der Waals surface area contributed by atoms with Crippen LogP contribution in [0.15, 0.2) is 24.3 Å². The van der Waals surface area contributed by atoms with E-state index < -0.39 is 41.8 Å². The average molecular weight is 320 g/mol. The molecule has 8 heteroatoms. The van der Waals surface area contributed by atoms with E-state index in [-0.39, 0.29) is 5.56 Å². The Morgan fingerprint density at radius 1 is 1.09 bits per heavy atom. The first kappa shape index (κ1) is 18.0. The van der Waals surface area contributed by atoms with E-state index in [0.717, 1.165) is 24.3 Å². The maximum atomic E-state index is 12.5. The van der Waals surface area contributed by atoms with Crippen molar-refractivity contribution in [1.29, 1.82) is 0 Å². The number of halogens is 3. The van der Waals surface area contributed by atoms with Crippen molar-refractivity contribution >= 4 is 11.9 Å². The van der Waals surface area contributed by atoms with E-state index in [1.54, 1.807) is 0 Å². The number of carbonyl (C=O) groups is 2. The molecule has 0 aliphatic carbocycles. The van der Waals surface area contributed by atoms with Gasteiger partial charge in [-0.3, -0.25) is 0 Å². The second kappa shape index (κ2) is 6.35. The van der Waals surface area contributed by atoms with E-state index in [2.05, 4.69) is 0 Å². The third-order valence-corrected chi connectivity index (χ3v) is 2.86. The molecule has 0 aliphatic heterocycles. The van der Waals surface area contributed by atoms with Crippen molar-refractivity contribution < 1.29 is 37.7 Å². The molecule has 1 aromatic carbocycles. The Bertz CT molecular complexity index is 535. The fourth-order valence-corrected chi connectivity index (χ4v) is 1.89. The van der Waals surface area contributed by atoms with Crippen molar-refractivity contribution in [3.8, 4) is 0 Å². The number of ether oxygens (including phenoxy) is 1. The van der Waals surface area contributed by atoms with Crippen molar-refractivity contribution in [3.05, 3.63) is 35.4 Å². The molecule has 5 nitrogen and oxygen atoms in total. The molecule has 22 heavy (non-hydrogen) atoms. The van der Waals surface area contributed by atoms with E-state index in [4.69, 9.17) is 4.74 Å². The van der Waals surface area contributed by atoms with Crippen LogP contribution in [0.3, 0.4) is 0 Å². The van der Waals surface area contributed by atoms with Crippen LogP contribution in [-0.2, 0) is 26.9 Å². The van der Waals surface area contributed by atoms with Gasteiger partial charge in [0, 0.05) is 6.42 Å². The van der Waals surface area contributed by atoms with Crippen LogP contribution in [0.5, 0.6) is 0 Å². The third-order valence-electron chi connectivity index (χ3n) is 2.86. The van der Waals surface area contributed by atoms with Gasteiger partial charge in [-0.1, -0.05) is 12.1 Å². The summed E-state index contributed by atoms with van der Waals surface area (Å²) in [7, 11) is 0. The fourth-order valence-electron chi connectivity index (χ4n) is 1.89. The lowest BCUT2D eigenvalue weighted by Crippen LogP contribution is -2.52. The average Bonchev–Trinajstić information content (AvgIpc) is 2.36. The minimum absolute atomic E-state index is 0.110. The molecule has 0 amide bonds. The molecule has 122 valence electrons. The summed E-state index contributed by atoms with van der Waals surface area (Å²) in [6.07, 6.45) is -5.81. The number of alkyl halides is 3. The molecule has 0 radical (unpaired) electrons. The van der Waals surface area contributed by atoms with Gasteiger partial charge in [0.05, 0.1) is 11.7 Å². The third kappa shape index (κ3) is 3.97. The zero-order valence-electron chi connectivity index (χ0n) is 11.8. The Labute approximate surface area is 124 Å². The Morgan fingerprint density at radius 2 is 1.55 bits per heavy atom. The highest BCUT2D eigenvalue weighted by Crippen LogP contribution is 2.30. The minimum atomic E-state index is -4.52. The van der Waals surface area contributed by atoms with Gasteiger partial charge in [0.15, 0.2) is 0 Å². The van der Waals surface area contributed by atoms with Gasteiger partial charge >= 0.3 is 18.1 Å². The van der Waals surface area contributed by atoms with Crippen molar-refractivity contribution in [2.75, 3.05) is 0 Å². The van der Waals surface area contributed by atoms with Gasteiger partial charge in [-0.05, 0) is 31.5 Å². The summed E-state index contributed by atoms with van der Waals surface area (Å²) >= 11 is 0. The number of benzene rings is 1. The van der Waals surface area contributed by atoms with E-state index in [1.807, 2.05) is 0 Å². The molecule has 1 rings (SSSR count). The smallest absolute Gasteiger partial charge is 0.416 e. The molecule has 0 spiro atoms. The molecule has 0 atom stereocenters. The van der Waals surface area contributed by atoms with Crippen LogP contribution in [0.4, 0.5) is 13.2 Å². The summed E-state index contributed by atoms with van der Waals surface area (Å²) in [5, 5.41) is 18.4. The molecule has 0 unspecified atom stereocenters. The van der Waals surface area contributed by atoms with Crippen molar-refractivity contribution in [2.45, 2.75) is 38.1 Å². The van der Waals surface area contributed by atoms with Crippen LogP contribution in [0.1, 0.15) is 25.0 Å². The summed E-state index contributed by atoms with van der Waals surface area (Å²) in [5.74, 6) is -3.43. The van der Waals surface area contributed by atoms with Gasteiger partial charge in [-0.2, -0.15) is 13.2 Å². The molecule has 0 fully saturated rings. The Hall–Kier alpha value is -2.09. The van der Waals surface area contributed by atoms with E-state index >= 15 is 0 Å². The largest absolute Gasteiger partial charge is 0.479 e. The van der Waals surface area contributed by atoms with E-state index in [1.165, 1.54) is 13.8 Å². The van der Waals surface area contributed by atoms with Crippen LogP contribution < -0.4 is 0 Å². The number of hydrogen-bond acceptors (Lipinski definition) is 3. The quantitative estimate of drug-likeness (QED) is 0.787. The van der Waals surface area contributed by atoms with Crippen molar-refractivity contribution in [2.24, 2.45) is 0 Å². The van der Waals surface area contributed by atoms with Gasteiger partial charge < -0.3 is 14.9 Å². The molecule has 0 aromatic heterocycles. The van der Waals surface area contributed by atoms with E-state index in [0.29, 0.717) is 0 Å². The predicted octanol–water partition coefficient (Wildman–Crippen LogP) is 2.58. The van der Waals surface area contributed by atoms with Crippen LogP contribution in [0, 0.1) is 0 Å². The second-order valence-electron chi connectivity index (χ2n) is 4.98. The highest BCUT2D eigenvalue weighted by molar-refractivity contribution is 6.02. The number of rotatable bonds is 6. The molecule has 0 aliphatic rings. The summed E-state index contributed by atoms with van der Waals surface area (Å²) in [4.78, 5) is 22.7. The first-order valence-electron chi connectivity index (χ1n) is 6.30. The van der Waals surface area contributed by atoms with Crippen molar-refractivity contribution in [3.63, 3.8) is 0 Å². The van der Waals surface area contributed by atoms with Gasteiger partial charge in [0.1, 0.15) is 0 Å². The number of carboxylic acid groups (broad SMARTS) is 2. The maximum Gasteiger partial charge on any atom is 0.416 e. The summed E-state index contributed by atoms with van der Waals surface area (Å²) in [5.41, 5.74) is -3.34. The Kier molecular flexibility index (Phi) is 5.18. The highest BCUT2D eigenvalue weighted by atomic mass is 19.4. The number of hydrogen-bond donors (Lipinski definition) is 2. The maximum absolute atomic E-state index is 12.5. The molecule has 0 saturated heterocycles. The molecule has 2 N–H and O–H groups in total. The molecular weight excluding hydrogens is 305 g/mol. The predicted molar refractivity (Wildman–Crippen MR) is 69.4 cm³/mol. The zero-order chi connectivity index (χ0) is 17.1. The van der Waals surface area contributed by atoms with Crippen molar-refractivity contribution in [1.82, 2.24) is 0 Å². The molecule has 0 heterocycles. The fraction of sp³-hybridized carbons (Fsp3) is 0.429. The SMILES string of the molecule is CC(C)OC(Cc1ccc(C(F)(F)F)cc1)(C(=O)O)C(=O)O. The number of aliphatic carboxylic acids is 2.